The van der Waals surface area contributed by atoms with Crippen LogP contribution in [-0.2, 0) is 0 Å². The zero-order chi connectivity index (χ0) is 14.7. The van der Waals surface area contributed by atoms with Crippen molar-refractivity contribution in [2.75, 3.05) is 0 Å². The van der Waals surface area contributed by atoms with E-state index < -0.39 is 4.92 Å². The first-order valence-electron chi connectivity index (χ1n) is 6.26. The highest BCUT2D eigenvalue weighted by Gasteiger charge is 2.17. The summed E-state index contributed by atoms with van der Waals surface area (Å²) in [7, 11) is 0. The van der Waals surface area contributed by atoms with E-state index in [1.165, 1.54) is 6.07 Å². The van der Waals surface area contributed by atoms with Crippen LogP contribution in [0, 0.1) is 17.0 Å². The van der Waals surface area contributed by atoms with E-state index in [1.54, 1.807) is 31.2 Å². The molecule has 2 aromatic rings. The molecule has 0 heterocycles. The summed E-state index contributed by atoms with van der Waals surface area (Å²) in [4.78, 5) is 10.6. The minimum absolute atomic E-state index is 0.0405. The Labute approximate surface area is 117 Å². The van der Waals surface area contributed by atoms with Crippen LogP contribution >= 0.6 is 0 Å². The van der Waals surface area contributed by atoms with Crippen LogP contribution in [0.1, 0.15) is 24.1 Å². The highest BCUT2D eigenvalue weighted by molar-refractivity contribution is 5.53. The molecule has 0 fully saturated rings. The maximum atomic E-state index is 11.0. The average molecular weight is 272 g/mol. The predicted octanol–water partition coefficient (Wildman–Crippen LogP) is 3.72. The van der Waals surface area contributed by atoms with Crippen LogP contribution in [0.5, 0.6) is 11.5 Å². The lowest BCUT2D eigenvalue weighted by molar-refractivity contribution is -0.385. The van der Waals surface area contributed by atoms with Gasteiger partial charge in [-0.3, -0.25) is 10.1 Å². The smallest absolute Gasteiger partial charge is 0.311 e. The van der Waals surface area contributed by atoms with Gasteiger partial charge in [-0.05, 0) is 37.1 Å². The van der Waals surface area contributed by atoms with Crippen LogP contribution in [0.15, 0.2) is 42.5 Å². The van der Waals surface area contributed by atoms with Gasteiger partial charge in [0.25, 0.3) is 0 Å². The third-order valence-electron chi connectivity index (χ3n) is 3.01. The topological polar surface area (TPSA) is 78.4 Å². The number of benzene rings is 2. The third-order valence-corrected chi connectivity index (χ3v) is 3.01. The maximum Gasteiger partial charge on any atom is 0.311 e. The molecule has 2 N–H and O–H groups in total. The molecule has 5 nitrogen and oxygen atoms in total. The molecule has 0 saturated heterocycles. The molecule has 0 bridgehead atoms. The van der Waals surface area contributed by atoms with Crippen LogP contribution in [0.3, 0.4) is 0 Å². The average Bonchev–Trinajstić information content (AvgIpc) is 2.41. The van der Waals surface area contributed by atoms with Crippen molar-refractivity contribution < 1.29 is 9.66 Å². The van der Waals surface area contributed by atoms with E-state index in [0.29, 0.717) is 5.75 Å². The molecule has 1 atom stereocenters. The van der Waals surface area contributed by atoms with E-state index in [-0.39, 0.29) is 17.5 Å². The lowest BCUT2D eigenvalue weighted by Crippen LogP contribution is -2.04. The monoisotopic (exact) mass is 272 g/mol. The second-order valence-electron chi connectivity index (χ2n) is 4.64. The molecule has 0 aliphatic rings. The largest absolute Gasteiger partial charge is 0.450 e. The fraction of sp³-hybridized carbons (Fsp3) is 0.200. The highest BCUT2D eigenvalue weighted by Crippen LogP contribution is 2.34. The Morgan fingerprint density at radius 1 is 1.20 bits per heavy atom. The van der Waals surface area contributed by atoms with Crippen molar-refractivity contribution in [3.63, 3.8) is 0 Å². The zero-order valence-corrected chi connectivity index (χ0v) is 11.4. The highest BCUT2D eigenvalue weighted by atomic mass is 16.6. The molecule has 0 aliphatic carbocycles. The number of hydrogen-bond acceptors (Lipinski definition) is 4. The molecule has 0 unspecified atom stereocenters. The number of nitrogens with two attached hydrogens (primary N) is 1. The van der Waals surface area contributed by atoms with Crippen molar-refractivity contribution in [3.05, 3.63) is 63.7 Å². The molecule has 0 aromatic heterocycles. The molecule has 2 aromatic carbocycles. The number of para-hydroxylation sites is 1. The Morgan fingerprint density at radius 2 is 1.85 bits per heavy atom. The summed E-state index contributed by atoms with van der Waals surface area (Å²) in [6, 6.07) is 12.0. The summed E-state index contributed by atoms with van der Waals surface area (Å²) in [5.74, 6) is 0.817. The lowest BCUT2D eigenvalue weighted by atomic mass is 10.1. The first-order chi connectivity index (χ1) is 9.49. The molecule has 0 radical (unpaired) electrons. The molecule has 5 heteroatoms. The second kappa shape index (κ2) is 5.71. The van der Waals surface area contributed by atoms with Gasteiger partial charge in [0.05, 0.1) is 4.92 Å². The van der Waals surface area contributed by atoms with Crippen LogP contribution in [0.2, 0.25) is 0 Å². The fourth-order valence-electron chi connectivity index (χ4n) is 1.87. The molecular formula is C15H16N2O3. The summed E-state index contributed by atoms with van der Waals surface area (Å²) in [5.41, 5.74) is 7.43. The first-order valence-corrected chi connectivity index (χ1v) is 6.26. The quantitative estimate of drug-likeness (QED) is 0.679. The predicted molar refractivity (Wildman–Crippen MR) is 77.0 cm³/mol. The van der Waals surface area contributed by atoms with Crippen LogP contribution in [-0.4, -0.2) is 4.92 Å². The summed E-state index contributed by atoms with van der Waals surface area (Å²) >= 11 is 0. The normalized spacial score (nSPS) is 11.9. The SMILES string of the molecule is Cc1cccc([N+](=O)[O-])c1Oc1ccc([C@H](C)N)cc1. The number of aryl methyl sites for hydroxylation is 1. The van der Waals surface area contributed by atoms with E-state index in [1.807, 2.05) is 19.1 Å². The second-order valence-corrected chi connectivity index (χ2v) is 4.64. The van der Waals surface area contributed by atoms with Gasteiger partial charge in [0, 0.05) is 12.1 Å². The van der Waals surface area contributed by atoms with E-state index in [0.717, 1.165) is 11.1 Å². The Kier molecular flexibility index (Phi) is 4.00. The summed E-state index contributed by atoms with van der Waals surface area (Å²) in [6.07, 6.45) is 0. The fourth-order valence-corrected chi connectivity index (χ4v) is 1.87. The molecule has 0 amide bonds. The van der Waals surface area contributed by atoms with Crippen molar-refractivity contribution in [1.82, 2.24) is 0 Å². The van der Waals surface area contributed by atoms with Crippen molar-refractivity contribution in [2.45, 2.75) is 19.9 Å². The number of nitrogens with zero attached hydrogens (tertiary/aromatic N) is 1. The molecular weight excluding hydrogens is 256 g/mol. The van der Waals surface area contributed by atoms with Crippen molar-refractivity contribution in [3.8, 4) is 11.5 Å². The molecule has 0 spiro atoms. The van der Waals surface area contributed by atoms with Gasteiger partial charge < -0.3 is 10.5 Å². The van der Waals surface area contributed by atoms with Gasteiger partial charge in [0.1, 0.15) is 5.75 Å². The van der Waals surface area contributed by atoms with Crippen LogP contribution in [0.25, 0.3) is 0 Å². The van der Waals surface area contributed by atoms with Gasteiger partial charge in [-0.1, -0.05) is 24.3 Å². The molecule has 0 aliphatic heterocycles. The van der Waals surface area contributed by atoms with Crippen molar-refractivity contribution in [1.29, 1.82) is 0 Å². The number of ether oxygens (including phenoxy) is 1. The van der Waals surface area contributed by atoms with E-state index in [9.17, 15) is 10.1 Å². The standard InChI is InChI=1S/C15H16N2O3/c1-10-4-3-5-14(17(18)19)15(10)20-13-8-6-12(7-9-13)11(2)16/h3-9,11H,16H2,1-2H3/t11-/m0/s1. The Balaban J connectivity index is 2.32. The van der Waals surface area contributed by atoms with Gasteiger partial charge in [0.2, 0.25) is 5.75 Å². The van der Waals surface area contributed by atoms with E-state index in [2.05, 4.69) is 0 Å². The minimum atomic E-state index is -0.446. The summed E-state index contributed by atoms with van der Waals surface area (Å²) in [5, 5.41) is 11.0. The van der Waals surface area contributed by atoms with Gasteiger partial charge in [-0.2, -0.15) is 0 Å². The number of nitro groups is 1. The molecule has 20 heavy (non-hydrogen) atoms. The zero-order valence-electron chi connectivity index (χ0n) is 11.4. The maximum absolute atomic E-state index is 11.0. The molecule has 104 valence electrons. The molecule has 0 saturated carbocycles. The van der Waals surface area contributed by atoms with Gasteiger partial charge in [0.15, 0.2) is 0 Å². The summed E-state index contributed by atoms with van der Waals surface area (Å²) in [6.45, 7) is 3.67. The van der Waals surface area contributed by atoms with Crippen molar-refractivity contribution in [2.24, 2.45) is 5.73 Å². The van der Waals surface area contributed by atoms with E-state index >= 15 is 0 Å². The third kappa shape index (κ3) is 2.95. The lowest BCUT2D eigenvalue weighted by Gasteiger charge is -2.10. The van der Waals surface area contributed by atoms with E-state index in [4.69, 9.17) is 10.5 Å². The molecule has 2 rings (SSSR count). The van der Waals surface area contributed by atoms with Crippen molar-refractivity contribution >= 4 is 5.69 Å². The minimum Gasteiger partial charge on any atom is -0.450 e. The Hall–Kier alpha value is -2.40. The van der Waals surface area contributed by atoms with Gasteiger partial charge in [-0.25, -0.2) is 0 Å². The Bertz CT molecular complexity index is 622. The first kappa shape index (κ1) is 14.0. The van der Waals surface area contributed by atoms with Crippen LogP contribution in [0.4, 0.5) is 5.69 Å². The van der Waals surface area contributed by atoms with Crippen LogP contribution < -0.4 is 10.5 Å². The number of hydrogen-bond donors (Lipinski definition) is 1. The van der Waals surface area contributed by atoms with Gasteiger partial charge >= 0.3 is 5.69 Å². The number of rotatable bonds is 4. The Morgan fingerprint density at radius 3 is 2.40 bits per heavy atom. The summed E-state index contributed by atoms with van der Waals surface area (Å²) < 4.78 is 5.65. The number of nitro benzene ring substituents is 1. The van der Waals surface area contributed by atoms with Gasteiger partial charge in [-0.15, -0.1) is 0 Å².